The van der Waals surface area contributed by atoms with Crippen LogP contribution in [0, 0.1) is 0 Å². The second-order valence-corrected chi connectivity index (χ2v) is 4.63. The molecule has 0 bridgehead atoms. The van der Waals surface area contributed by atoms with Crippen LogP contribution in [-0.2, 0) is 14.3 Å². The molecule has 0 aliphatic carbocycles. The van der Waals surface area contributed by atoms with Crippen LogP contribution in [0.3, 0.4) is 0 Å². The molecule has 0 fully saturated rings. The predicted octanol–water partition coefficient (Wildman–Crippen LogP) is 2.40. The van der Waals surface area contributed by atoms with Gasteiger partial charge in [-0.2, -0.15) is 0 Å². The average molecular weight is 266 g/mol. The van der Waals surface area contributed by atoms with Crippen LogP contribution in [0.1, 0.15) is 20.3 Å². The van der Waals surface area contributed by atoms with Crippen molar-refractivity contribution in [3.05, 3.63) is 0 Å². The zero-order valence-electron chi connectivity index (χ0n) is 7.72. The summed E-state index contributed by atoms with van der Waals surface area (Å²) in [5, 5.41) is 8.00. The number of carbonyl (C=O) groups excluding carboxylic acids is 1. The molecule has 4 nitrogen and oxygen atoms in total. The van der Waals surface area contributed by atoms with E-state index in [1.807, 2.05) is 0 Å². The second kappa shape index (κ2) is 8.15. The number of halogens is 3. The maximum atomic E-state index is 9.82. The van der Waals surface area contributed by atoms with Crippen LogP contribution >= 0.6 is 34.8 Å². The first-order valence-electron chi connectivity index (χ1n) is 3.61. The zero-order chi connectivity index (χ0) is 11.8. The van der Waals surface area contributed by atoms with E-state index in [1.165, 1.54) is 6.92 Å². The van der Waals surface area contributed by atoms with Gasteiger partial charge in [-0.3, -0.25) is 9.59 Å². The largest absolute Gasteiger partial charge is 0.481 e. The van der Waals surface area contributed by atoms with Gasteiger partial charge in [-0.1, -0.05) is 34.8 Å². The molecule has 0 saturated heterocycles. The van der Waals surface area contributed by atoms with Crippen LogP contribution in [0.2, 0.25) is 0 Å². The van der Waals surface area contributed by atoms with Gasteiger partial charge < -0.3 is 9.84 Å². The normalized spacial score (nSPS) is 9.79. The van der Waals surface area contributed by atoms with Crippen LogP contribution in [0.15, 0.2) is 0 Å². The number of carboxylic acids is 1. The summed E-state index contributed by atoms with van der Waals surface area (Å²) in [6.07, 6.45) is -0.461. The highest BCUT2D eigenvalue weighted by Gasteiger charge is 2.23. The summed E-state index contributed by atoms with van der Waals surface area (Å²) in [6.45, 7) is 3.65. The van der Waals surface area contributed by atoms with Gasteiger partial charge >= 0.3 is 11.9 Å². The van der Waals surface area contributed by atoms with Crippen LogP contribution in [0.4, 0.5) is 0 Å². The first-order valence-corrected chi connectivity index (χ1v) is 4.74. The van der Waals surface area contributed by atoms with Crippen LogP contribution in [-0.4, -0.2) is 27.4 Å². The smallest absolute Gasteiger partial charge is 0.307 e. The van der Waals surface area contributed by atoms with E-state index in [4.69, 9.17) is 39.9 Å². The lowest BCUT2D eigenvalue weighted by Crippen LogP contribution is -2.09. The molecule has 0 heterocycles. The highest BCUT2D eigenvalue weighted by Crippen LogP contribution is 2.29. The van der Waals surface area contributed by atoms with Gasteiger partial charge in [0.25, 0.3) is 0 Å². The monoisotopic (exact) mass is 264 g/mol. The summed E-state index contributed by atoms with van der Waals surface area (Å²) in [5.74, 6) is -1.33. The number of aliphatic carboxylic acids is 1. The Labute approximate surface area is 97.1 Å². The summed E-state index contributed by atoms with van der Waals surface area (Å²) in [5.41, 5.74) is 0. The fourth-order valence-electron chi connectivity index (χ4n) is 0.375. The number of carboxylic acid groups (broad SMARTS) is 1. The number of esters is 1. The molecule has 0 saturated carbocycles. The van der Waals surface area contributed by atoms with Crippen molar-refractivity contribution in [2.45, 2.75) is 24.1 Å². The van der Waals surface area contributed by atoms with Gasteiger partial charge in [0, 0.05) is 6.92 Å². The van der Waals surface area contributed by atoms with Crippen molar-refractivity contribution in [3.8, 4) is 0 Å². The molecular weight excluding hydrogens is 254 g/mol. The zero-order valence-corrected chi connectivity index (χ0v) is 9.99. The first-order chi connectivity index (χ1) is 6.19. The molecule has 0 aliphatic heterocycles. The minimum atomic E-state index is -1.66. The van der Waals surface area contributed by atoms with Crippen molar-refractivity contribution >= 4 is 46.7 Å². The Kier molecular flexibility index (Phi) is 9.45. The van der Waals surface area contributed by atoms with Gasteiger partial charge in [-0.15, -0.1) is 0 Å². The number of rotatable bonds is 2. The Bertz CT molecular complexity index is 188. The highest BCUT2D eigenvalue weighted by molar-refractivity contribution is 6.68. The Morgan fingerprint density at radius 1 is 1.36 bits per heavy atom. The number of alkyl halides is 3. The Balaban J connectivity index is 0. The molecule has 7 heteroatoms. The van der Waals surface area contributed by atoms with Crippen molar-refractivity contribution in [1.82, 2.24) is 0 Å². The molecule has 0 aromatic heterocycles. The van der Waals surface area contributed by atoms with Gasteiger partial charge in [0.05, 0.1) is 13.0 Å². The third-order valence-corrected chi connectivity index (χ3v) is 1.10. The molecule has 84 valence electrons. The van der Waals surface area contributed by atoms with E-state index in [0.29, 0.717) is 6.61 Å². The summed E-state index contributed by atoms with van der Waals surface area (Å²) in [7, 11) is 0. The topological polar surface area (TPSA) is 63.6 Å². The molecule has 0 aromatic rings. The average Bonchev–Trinajstić information content (AvgIpc) is 1.80. The van der Waals surface area contributed by atoms with Crippen LogP contribution in [0.5, 0.6) is 0 Å². The summed E-state index contributed by atoms with van der Waals surface area (Å²) < 4.78 is 2.74. The van der Waals surface area contributed by atoms with E-state index in [9.17, 15) is 9.59 Å². The van der Waals surface area contributed by atoms with Gasteiger partial charge in [0.15, 0.2) is 0 Å². The molecule has 0 unspecified atom stereocenters. The predicted molar refractivity (Wildman–Crippen MR) is 54.8 cm³/mol. The second-order valence-electron chi connectivity index (χ2n) is 2.11. The van der Waals surface area contributed by atoms with E-state index >= 15 is 0 Å². The molecular formula is C7H11Cl3O4. The van der Waals surface area contributed by atoms with Gasteiger partial charge in [-0.25, -0.2) is 0 Å². The van der Waals surface area contributed by atoms with Crippen LogP contribution < -0.4 is 0 Å². The maximum Gasteiger partial charge on any atom is 0.307 e. The van der Waals surface area contributed by atoms with Crippen molar-refractivity contribution in [2.24, 2.45) is 0 Å². The fourth-order valence-corrected chi connectivity index (χ4v) is 0.718. The standard InChI is InChI=1S/C4H8O2.C3H3Cl3O2/c1-3-6-4(2)5;4-3(5,6)1-2(7)8/h3H2,1-2H3;1H2,(H,7,8). The Morgan fingerprint density at radius 2 is 1.79 bits per heavy atom. The molecule has 0 aliphatic rings. The third-order valence-electron chi connectivity index (χ3n) is 0.699. The first kappa shape index (κ1) is 16.2. The SMILES string of the molecule is CCOC(C)=O.O=C(O)CC(Cl)(Cl)Cl. The van der Waals surface area contributed by atoms with Crippen molar-refractivity contribution in [1.29, 1.82) is 0 Å². The van der Waals surface area contributed by atoms with Crippen molar-refractivity contribution < 1.29 is 19.4 Å². The molecule has 0 aromatic carbocycles. The summed E-state index contributed by atoms with van der Waals surface area (Å²) >= 11 is 15.2. The van der Waals surface area contributed by atoms with Gasteiger partial charge in [-0.05, 0) is 6.92 Å². The molecule has 14 heavy (non-hydrogen) atoms. The molecule has 0 atom stereocenters. The molecule has 0 spiro atoms. The van der Waals surface area contributed by atoms with Gasteiger partial charge in [0.2, 0.25) is 3.79 Å². The fraction of sp³-hybridized carbons (Fsp3) is 0.714. The van der Waals surface area contributed by atoms with Crippen molar-refractivity contribution in [3.63, 3.8) is 0 Å². The minimum Gasteiger partial charge on any atom is -0.481 e. The van der Waals surface area contributed by atoms with E-state index in [0.717, 1.165) is 0 Å². The Hall–Kier alpha value is -0.190. The van der Waals surface area contributed by atoms with E-state index in [-0.39, 0.29) is 5.97 Å². The third kappa shape index (κ3) is 22.6. The number of hydrogen-bond donors (Lipinski definition) is 1. The van der Waals surface area contributed by atoms with E-state index in [2.05, 4.69) is 4.74 Å². The highest BCUT2D eigenvalue weighted by atomic mass is 35.6. The van der Waals surface area contributed by atoms with E-state index in [1.54, 1.807) is 6.92 Å². The quantitative estimate of drug-likeness (QED) is 0.615. The van der Waals surface area contributed by atoms with Crippen molar-refractivity contribution in [2.75, 3.05) is 6.61 Å². The van der Waals surface area contributed by atoms with Crippen LogP contribution in [0.25, 0.3) is 0 Å². The molecule has 1 N–H and O–H groups in total. The van der Waals surface area contributed by atoms with Gasteiger partial charge in [0.1, 0.15) is 0 Å². The summed E-state index contributed by atoms with van der Waals surface area (Å²) in [4.78, 5) is 19.6. The summed E-state index contributed by atoms with van der Waals surface area (Å²) in [6, 6.07) is 0. The lowest BCUT2D eigenvalue weighted by molar-refractivity contribution is -0.140. The Morgan fingerprint density at radius 3 is 1.79 bits per heavy atom. The minimum absolute atomic E-state index is 0.211. The number of hydrogen-bond acceptors (Lipinski definition) is 3. The number of carbonyl (C=O) groups is 2. The maximum absolute atomic E-state index is 9.82. The number of ether oxygens (including phenoxy) is 1. The molecule has 0 radical (unpaired) electrons. The lowest BCUT2D eigenvalue weighted by atomic mass is 10.5. The lowest BCUT2D eigenvalue weighted by Gasteiger charge is -2.03. The molecule has 0 rings (SSSR count). The molecule has 0 amide bonds. The van der Waals surface area contributed by atoms with E-state index < -0.39 is 16.2 Å².